The fourth-order valence-corrected chi connectivity index (χ4v) is 2.42. The van der Waals surface area contributed by atoms with Crippen LogP contribution in [0.5, 0.6) is 0 Å². The van der Waals surface area contributed by atoms with Crippen molar-refractivity contribution in [2.24, 2.45) is 0 Å². The van der Waals surface area contributed by atoms with E-state index in [1.165, 1.54) is 0 Å². The van der Waals surface area contributed by atoms with E-state index in [0.29, 0.717) is 6.42 Å². The molecule has 1 aliphatic rings. The van der Waals surface area contributed by atoms with Crippen LogP contribution >= 0.6 is 0 Å². The third kappa shape index (κ3) is 4.94. The van der Waals surface area contributed by atoms with Crippen molar-refractivity contribution < 1.29 is 13.2 Å². The molecule has 0 aromatic rings. The van der Waals surface area contributed by atoms with Crippen LogP contribution in [0.4, 0.5) is 0 Å². The first kappa shape index (κ1) is 13.4. The SMILES string of the molecule is CCS(=O)(=O)CCNC(=O)CC1CCCN1. The lowest BCUT2D eigenvalue weighted by Crippen LogP contribution is -2.34. The van der Waals surface area contributed by atoms with E-state index in [9.17, 15) is 13.2 Å². The quantitative estimate of drug-likeness (QED) is 0.675. The largest absolute Gasteiger partial charge is 0.355 e. The molecule has 1 saturated heterocycles. The molecule has 6 heteroatoms. The van der Waals surface area contributed by atoms with Crippen molar-refractivity contribution in [2.45, 2.75) is 32.2 Å². The van der Waals surface area contributed by atoms with Gasteiger partial charge in [-0.1, -0.05) is 6.92 Å². The van der Waals surface area contributed by atoms with Crippen molar-refractivity contribution in [2.75, 3.05) is 24.6 Å². The van der Waals surface area contributed by atoms with Crippen molar-refractivity contribution in [3.63, 3.8) is 0 Å². The van der Waals surface area contributed by atoms with Gasteiger partial charge in [-0.15, -0.1) is 0 Å². The van der Waals surface area contributed by atoms with E-state index in [-0.39, 0.29) is 30.0 Å². The molecule has 1 atom stereocenters. The second-order valence-electron chi connectivity index (χ2n) is 4.08. The van der Waals surface area contributed by atoms with Crippen LogP contribution in [0.15, 0.2) is 0 Å². The fraction of sp³-hybridized carbons (Fsp3) is 0.900. The summed E-state index contributed by atoms with van der Waals surface area (Å²) in [6, 6.07) is 0.266. The number of hydrogen-bond donors (Lipinski definition) is 2. The van der Waals surface area contributed by atoms with E-state index >= 15 is 0 Å². The van der Waals surface area contributed by atoms with Gasteiger partial charge in [-0.2, -0.15) is 0 Å². The number of carbonyl (C=O) groups is 1. The molecule has 0 radical (unpaired) electrons. The van der Waals surface area contributed by atoms with Gasteiger partial charge in [0.25, 0.3) is 0 Å². The molecule has 0 aliphatic carbocycles. The lowest BCUT2D eigenvalue weighted by atomic mass is 10.1. The number of amides is 1. The number of nitrogens with one attached hydrogen (secondary N) is 2. The number of rotatable bonds is 6. The minimum Gasteiger partial charge on any atom is -0.355 e. The first-order chi connectivity index (χ1) is 7.53. The Balaban J connectivity index is 2.15. The van der Waals surface area contributed by atoms with Crippen LogP contribution in [-0.4, -0.2) is 45.0 Å². The lowest BCUT2D eigenvalue weighted by molar-refractivity contribution is -0.121. The van der Waals surface area contributed by atoms with Gasteiger partial charge in [-0.05, 0) is 19.4 Å². The molecule has 1 rings (SSSR count). The van der Waals surface area contributed by atoms with E-state index in [0.717, 1.165) is 19.4 Å². The molecular formula is C10H20N2O3S. The summed E-state index contributed by atoms with van der Waals surface area (Å²) in [5, 5.41) is 5.87. The molecule has 0 bridgehead atoms. The van der Waals surface area contributed by atoms with Crippen molar-refractivity contribution in [3.8, 4) is 0 Å². The first-order valence-corrected chi connectivity index (χ1v) is 7.56. The Hall–Kier alpha value is -0.620. The van der Waals surface area contributed by atoms with Crippen molar-refractivity contribution >= 4 is 15.7 Å². The second kappa shape index (κ2) is 6.20. The van der Waals surface area contributed by atoms with E-state index in [4.69, 9.17) is 0 Å². The predicted octanol–water partition coefficient (Wildman–Crippen LogP) is -0.321. The molecule has 5 nitrogen and oxygen atoms in total. The van der Waals surface area contributed by atoms with Crippen LogP contribution in [0.2, 0.25) is 0 Å². The first-order valence-electron chi connectivity index (χ1n) is 5.74. The average Bonchev–Trinajstić information content (AvgIpc) is 2.70. The van der Waals surface area contributed by atoms with Crippen LogP contribution in [0, 0.1) is 0 Å². The van der Waals surface area contributed by atoms with E-state index in [1.54, 1.807) is 6.92 Å². The third-order valence-electron chi connectivity index (χ3n) is 2.77. The molecule has 1 heterocycles. The molecule has 2 N–H and O–H groups in total. The van der Waals surface area contributed by atoms with Crippen LogP contribution in [0.25, 0.3) is 0 Å². The van der Waals surface area contributed by atoms with Gasteiger partial charge in [0.2, 0.25) is 5.91 Å². The average molecular weight is 248 g/mol. The highest BCUT2D eigenvalue weighted by atomic mass is 32.2. The highest BCUT2D eigenvalue weighted by molar-refractivity contribution is 7.91. The zero-order valence-electron chi connectivity index (χ0n) is 9.66. The molecule has 16 heavy (non-hydrogen) atoms. The molecule has 0 saturated carbocycles. The van der Waals surface area contributed by atoms with Gasteiger partial charge in [0.15, 0.2) is 9.84 Å². The highest BCUT2D eigenvalue weighted by Crippen LogP contribution is 2.07. The topological polar surface area (TPSA) is 75.3 Å². The minimum atomic E-state index is -2.97. The summed E-state index contributed by atoms with van der Waals surface area (Å²) < 4.78 is 22.3. The van der Waals surface area contributed by atoms with Crippen LogP contribution in [0.1, 0.15) is 26.2 Å². The standard InChI is InChI=1S/C10H20N2O3S/c1-2-16(14,15)7-6-12-10(13)8-9-4-3-5-11-9/h9,11H,2-8H2,1H3,(H,12,13). The summed E-state index contributed by atoms with van der Waals surface area (Å²) >= 11 is 0. The normalized spacial score (nSPS) is 20.9. The second-order valence-corrected chi connectivity index (χ2v) is 6.56. The van der Waals surface area contributed by atoms with E-state index in [2.05, 4.69) is 10.6 Å². The van der Waals surface area contributed by atoms with Crippen LogP contribution < -0.4 is 10.6 Å². The lowest BCUT2D eigenvalue weighted by Gasteiger charge is -2.10. The van der Waals surface area contributed by atoms with Crippen molar-refractivity contribution in [3.05, 3.63) is 0 Å². The Morgan fingerprint density at radius 3 is 2.81 bits per heavy atom. The van der Waals surface area contributed by atoms with Crippen LogP contribution in [-0.2, 0) is 14.6 Å². The number of carbonyl (C=O) groups excluding carboxylic acids is 1. The zero-order valence-corrected chi connectivity index (χ0v) is 10.5. The maximum Gasteiger partial charge on any atom is 0.221 e. The van der Waals surface area contributed by atoms with Crippen molar-refractivity contribution in [1.82, 2.24) is 10.6 Å². The summed E-state index contributed by atoms with van der Waals surface area (Å²) in [4.78, 5) is 11.4. The maximum atomic E-state index is 11.4. The maximum absolute atomic E-state index is 11.4. The molecule has 0 aromatic carbocycles. The molecule has 0 spiro atoms. The Morgan fingerprint density at radius 2 is 2.25 bits per heavy atom. The summed E-state index contributed by atoms with van der Waals surface area (Å²) in [5.74, 6) is 0.103. The molecule has 0 aromatic heterocycles. The van der Waals surface area contributed by atoms with Gasteiger partial charge in [-0.3, -0.25) is 4.79 Å². The van der Waals surface area contributed by atoms with Crippen molar-refractivity contribution in [1.29, 1.82) is 0 Å². The van der Waals surface area contributed by atoms with E-state index < -0.39 is 9.84 Å². The molecule has 94 valence electrons. The smallest absolute Gasteiger partial charge is 0.221 e. The van der Waals surface area contributed by atoms with Gasteiger partial charge < -0.3 is 10.6 Å². The summed E-state index contributed by atoms with van der Waals surface area (Å²) in [7, 11) is -2.97. The Labute approximate surface area is 96.9 Å². The molecular weight excluding hydrogens is 228 g/mol. The highest BCUT2D eigenvalue weighted by Gasteiger charge is 2.17. The Kier molecular flexibility index (Phi) is 5.21. The fourth-order valence-electron chi connectivity index (χ4n) is 1.72. The van der Waals surface area contributed by atoms with Crippen LogP contribution in [0.3, 0.4) is 0 Å². The zero-order chi connectivity index (χ0) is 12.0. The third-order valence-corrected chi connectivity index (χ3v) is 4.48. The van der Waals surface area contributed by atoms with E-state index in [1.807, 2.05) is 0 Å². The summed E-state index contributed by atoms with van der Waals surface area (Å²) in [5.41, 5.74) is 0. The summed E-state index contributed by atoms with van der Waals surface area (Å²) in [6.07, 6.45) is 2.59. The monoisotopic (exact) mass is 248 g/mol. The Bertz CT molecular complexity index is 321. The van der Waals surface area contributed by atoms with Gasteiger partial charge in [0.1, 0.15) is 0 Å². The van der Waals surface area contributed by atoms with Gasteiger partial charge >= 0.3 is 0 Å². The number of sulfone groups is 1. The van der Waals surface area contributed by atoms with Gasteiger partial charge in [0.05, 0.1) is 5.75 Å². The molecule has 1 unspecified atom stereocenters. The molecule has 1 amide bonds. The minimum absolute atomic E-state index is 0.0351. The number of hydrogen-bond acceptors (Lipinski definition) is 4. The van der Waals surface area contributed by atoms with Gasteiger partial charge in [0, 0.05) is 24.8 Å². The Morgan fingerprint density at radius 1 is 1.50 bits per heavy atom. The molecule has 1 fully saturated rings. The van der Waals surface area contributed by atoms with Gasteiger partial charge in [-0.25, -0.2) is 8.42 Å². The summed E-state index contributed by atoms with van der Waals surface area (Å²) in [6.45, 7) is 2.81. The molecule has 1 aliphatic heterocycles. The predicted molar refractivity (Wildman–Crippen MR) is 63.0 cm³/mol.